The normalized spacial score (nSPS) is 12.0. The van der Waals surface area contributed by atoms with Crippen LogP contribution in [0.3, 0.4) is 0 Å². The Balaban J connectivity index is 2.69. The second-order valence-corrected chi connectivity index (χ2v) is 5.17. The highest BCUT2D eigenvalue weighted by molar-refractivity contribution is 5.97. The molecule has 3 amide bonds. The summed E-state index contributed by atoms with van der Waals surface area (Å²) in [4.78, 5) is 23.0. The monoisotopic (exact) mass is 277 g/mol. The van der Waals surface area contributed by atoms with Crippen LogP contribution < -0.4 is 16.4 Å². The number of amides is 3. The van der Waals surface area contributed by atoms with Gasteiger partial charge in [0.15, 0.2) is 0 Å². The molecule has 1 aromatic carbocycles. The Labute approximate surface area is 119 Å². The molecule has 0 bridgehead atoms. The number of hydrogen-bond donors (Lipinski definition) is 3. The number of nitrogens with two attached hydrogens (primary N) is 1. The second kappa shape index (κ2) is 7.53. The van der Waals surface area contributed by atoms with E-state index in [1.54, 1.807) is 0 Å². The number of benzene rings is 1. The Hall–Kier alpha value is -2.04. The molecule has 5 nitrogen and oxygen atoms in total. The molecule has 0 aliphatic carbocycles. The lowest BCUT2D eigenvalue weighted by atomic mass is 10.0. The van der Waals surface area contributed by atoms with Gasteiger partial charge in [-0.1, -0.05) is 39.3 Å². The molecule has 5 heteroatoms. The van der Waals surface area contributed by atoms with Crippen molar-refractivity contribution in [2.24, 2.45) is 11.7 Å². The molecule has 0 radical (unpaired) electrons. The van der Waals surface area contributed by atoms with Crippen LogP contribution in [0, 0.1) is 5.92 Å². The van der Waals surface area contributed by atoms with Gasteiger partial charge < -0.3 is 16.4 Å². The topological polar surface area (TPSA) is 84.2 Å². The maximum atomic E-state index is 12.1. The minimum absolute atomic E-state index is 0.0399. The van der Waals surface area contributed by atoms with Crippen molar-refractivity contribution in [2.45, 2.75) is 39.7 Å². The van der Waals surface area contributed by atoms with Crippen LogP contribution in [-0.2, 0) is 11.2 Å². The van der Waals surface area contributed by atoms with E-state index >= 15 is 0 Å². The number of urea groups is 1. The van der Waals surface area contributed by atoms with E-state index in [4.69, 9.17) is 5.73 Å². The zero-order valence-electron chi connectivity index (χ0n) is 12.3. The van der Waals surface area contributed by atoms with Gasteiger partial charge in [0.2, 0.25) is 5.91 Å². The van der Waals surface area contributed by atoms with Crippen LogP contribution in [0.2, 0.25) is 0 Å². The number of carbonyl (C=O) groups is 2. The Bertz CT molecular complexity index is 455. The Kier molecular flexibility index (Phi) is 6.03. The van der Waals surface area contributed by atoms with Gasteiger partial charge in [-0.3, -0.25) is 4.79 Å². The fourth-order valence-electron chi connectivity index (χ4n) is 1.95. The molecule has 0 fully saturated rings. The smallest absolute Gasteiger partial charge is 0.312 e. The molecule has 0 aliphatic heterocycles. The molecule has 110 valence electrons. The SMILES string of the molecule is CCCc1ccc(NC(=O)[C@H](NC(N)=O)C(C)C)cc1. The van der Waals surface area contributed by atoms with Crippen LogP contribution in [0.1, 0.15) is 32.8 Å². The average Bonchev–Trinajstić information content (AvgIpc) is 2.38. The maximum Gasteiger partial charge on any atom is 0.312 e. The first-order valence-electron chi connectivity index (χ1n) is 6.89. The van der Waals surface area contributed by atoms with Gasteiger partial charge >= 0.3 is 6.03 Å². The number of anilines is 1. The van der Waals surface area contributed by atoms with Gasteiger partial charge in [0.05, 0.1) is 0 Å². The lowest BCUT2D eigenvalue weighted by Crippen LogP contribution is -2.49. The molecule has 0 saturated carbocycles. The van der Waals surface area contributed by atoms with E-state index in [1.165, 1.54) is 5.56 Å². The molecule has 0 unspecified atom stereocenters. The molecule has 20 heavy (non-hydrogen) atoms. The fourth-order valence-corrected chi connectivity index (χ4v) is 1.95. The maximum absolute atomic E-state index is 12.1. The van der Waals surface area contributed by atoms with Crippen molar-refractivity contribution < 1.29 is 9.59 Å². The van der Waals surface area contributed by atoms with E-state index in [1.807, 2.05) is 38.1 Å². The van der Waals surface area contributed by atoms with Crippen LogP contribution in [0.15, 0.2) is 24.3 Å². The summed E-state index contributed by atoms with van der Waals surface area (Å²) in [5, 5.41) is 5.25. The van der Waals surface area contributed by atoms with Gasteiger partial charge in [0.25, 0.3) is 0 Å². The molecule has 0 aromatic heterocycles. The van der Waals surface area contributed by atoms with Crippen molar-refractivity contribution in [1.82, 2.24) is 5.32 Å². The highest BCUT2D eigenvalue weighted by Crippen LogP contribution is 2.12. The molecule has 1 rings (SSSR count). The third-order valence-electron chi connectivity index (χ3n) is 3.01. The highest BCUT2D eigenvalue weighted by Gasteiger charge is 2.23. The largest absolute Gasteiger partial charge is 0.352 e. The van der Waals surface area contributed by atoms with Crippen LogP contribution in [0.5, 0.6) is 0 Å². The predicted octanol–water partition coefficient (Wildman–Crippen LogP) is 2.27. The van der Waals surface area contributed by atoms with Gasteiger partial charge in [0.1, 0.15) is 6.04 Å². The van der Waals surface area contributed by atoms with Crippen molar-refractivity contribution in [3.05, 3.63) is 29.8 Å². The molecular weight excluding hydrogens is 254 g/mol. The summed E-state index contributed by atoms with van der Waals surface area (Å²) in [6.07, 6.45) is 2.11. The molecule has 1 aromatic rings. The van der Waals surface area contributed by atoms with E-state index in [0.29, 0.717) is 5.69 Å². The summed E-state index contributed by atoms with van der Waals surface area (Å²) < 4.78 is 0. The molecule has 0 aliphatic rings. The first-order valence-corrected chi connectivity index (χ1v) is 6.89. The van der Waals surface area contributed by atoms with Gasteiger partial charge in [-0.15, -0.1) is 0 Å². The molecule has 1 atom stereocenters. The van der Waals surface area contributed by atoms with Crippen LogP contribution in [0.25, 0.3) is 0 Å². The zero-order chi connectivity index (χ0) is 15.1. The zero-order valence-corrected chi connectivity index (χ0v) is 12.3. The summed E-state index contributed by atoms with van der Waals surface area (Å²) in [7, 11) is 0. The average molecular weight is 277 g/mol. The number of primary amides is 1. The summed E-state index contributed by atoms with van der Waals surface area (Å²) in [6, 6.07) is 6.38. The number of carbonyl (C=O) groups excluding carboxylic acids is 2. The first kappa shape index (κ1) is 16.0. The van der Waals surface area contributed by atoms with E-state index in [9.17, 15) is 9.59 Å². The van der Waals surface area contributed by atoms with E-state index in [-0.39, 0.29) is 11.8 Å². The molecule has 4 N–H and O–H groups in total. The van der Waals surface area contributed by atoms with Crippen molar-refractivity contribution in [2.75, 3.05) is 5.32 Å². The Morgan fingerprint density at radius 3 is 2.25 bits per heavy atom. The quantitative estimate of drug-likeness (QED) is 0.745. The van der Waals surface area contributed by atoms with Crippen molar-refractivity contribution in [3.8, 4) is 0 Å². The van der Waals surface area contributed by atoms with Crippen molar-refractivity contribution in [1.29, 1.82) is 0 Å². The number of aryl methyl sites for hydroxylation is 1. The highest BCUT2D eigenvalue weighted by atomic mass is 16.2. The summed E-state index contributed by atoms with van der Waals surface area (Å²) in [5.74, 6) is -0.302. The summed E-state index contributed by atoms with van der Waals surface area (Å²) >= 11 is 0. The predicted molar refractivity (Wildman–Crippen MR) is 80.4 cm³/mol. The molecule has 0 heterocycles. The summed E-state index contributed by atoms with van der Waals surface area (Å²) in [6.45, 7) is 5.83. The van der Waals surface area contributed by atoms with Gasteiger partial charge in [-0.05, 0) is 30.0 Å². The summed E-state index contributed by atoms with van der Waals surface area (Å²) in [5.41, 5.74) is 7.04. The number of nitrogens with one attached hydrogen (secondary N) is 2. The minimum atomic E-state index is -0.697. The van der Waals surface area contributed by atoms with Gasteiger partial charge in [0, 0.05) is 5.69 Å². The molecular formula is C15H23N3O2. The Morgan fingerprint density at radius 1 is 1.20 bits per heavy atom. The molecule has 0 spiro atoms. The van der Waals surface area contributed by atoms with Gasteiger partial charge in [-0.2, -0.15) is 0 Å². The van der Waals surface area contributed by atoms with E-state index < -0.39 is 12.1 Å². The van der Waals surface area contributed by atoms with Crippen molar-refractivity contribution >= 4 is 17.6 Å². The van der Waals surface area contributed by atoms with Crippen LogP contribution >= 0.6 is 0 Å². The number of rotatable bonds is 6. The van der Waals surface area contributed by atoms with Crippen LogP contribution in [-0.4, -0.2) is 18.0 Å². The third kappa shape index (κ3) is 4.91. The fraction of sp³-hybridized carbons (Fsp3) is 0.467. The van der Waals surface area contributed by atoms with Crippen LogP contribution in [0.4, 0.5) is 10.5 Å². The minimum Gasteiger partial charge on any atom is -0.352 e. The first-order chi connectivity index (χ1) is 9.43. The lowest BCUT2D eigenvalue weighted by molar-refractivity contribution is -0.118. The lowest BCUT2D eigenvalue weighted by Gasteiger charge is -2.20. The third-order valence-corrected chi connectivity index (χ3v) is 3.01. The molecule has 0 saturated heterocycles. The Morgan fingerprint density at radius 2 is 1.80 bits per heavy atom. The van der Waals surface area contributed by atoms with Gasteiger partial charge in [-0.25, -0.2) is 4.79 Å². The number of hydrogen-bond acceptors (Lipinski definition) is 2. The standard InChI is InChI=1S/C15H23N3O2/c1-4-5-11-6-8-12(9-7-11)17-14(19)13(10(2)3)18-15(16)20/h6-10,13H,4-5H2,1-3H3,(H,17,19)(H3,16,18,20)/t13-/m1/s1. The van der Waals surface area contributed by atoms with E-state index in [2.05, 4.69) is 17.6 Å². The van der Waals surface area contributed by atoms with Crippen molar-refractivity contribution in [3.63, 3.8) is 0 Å². The van der Waals surface area contributed by atoms with E-state index in [0.717, 1.165) is 12.8 Å². The second-order valence-electron chi connectivity index (χ2n) is 5.17.